The second-order valence-electron chi connectivity index (χ2n) is 3.92. The minimum Gasteiger partial charge on any atom is -0.478 e. The first-order valence-corrected chi connectivity index (χ1v) is 6.28. The van der Waals surface area contributed by atoms with E-state index in [0.29, 0.717) is 5.02 Å². The Kier molecular flexibility index (Phi) is 4.30. The van der Waals surface area contributed by atoms with Crippen molar-refractivity contribution in [2.45, 2.75) is 0 Å². The van der Waals surface area contributed by atoms with Crippen LogP contribution in [0.4, 0.5) is 5.69 Å². The predicted molar refractivity (Wildman–Crippen MR) is 76.6 cm³/mol. The molecule has 6 nitrogen and oxygen atoms in total. The zero-order valence-electron chi connectivity index (χ0n) is 10.2. The van der Waals surface area contributed by atoms with E-state index in [4.69, 9.17) is 33.0 Å². The van der Waals surface area contributed by atoms with E-state index in [2.05, 4.69) is 0 Å². The standard InChI is InChI=1S/C13H7Cl2NO5/c14-7-1-3-10(15)12(5-7)21-11-4-2-8(16(19)20)6-9(11)13(17)18/h1-6H,(H,17,18). The summed E-state index contributed by atoms with van der Waals surface area (Å²) >= 11 is 11.7. The molecule has 8 heteroatoms. The Morgan fingerprint density at radius 3 is 2.48 bits per heavy atom. The van der Waals surface area contributed by atoms with Crippen molar-refractivity contribution in [3.8, 4) is 11.5 Å². The van der Waals surface area contributed by atoms with Crippen LogP contribution in [0.2, 0.25) is 10.0 Å². The number of carboxylic acids is 1. The van der Waals surface area contributed by atoms with Gasteiger partial charge in [-0.15, -0.1) is 0 Å². The van der Waals surface area contributed by atoms with Crippen molar-refractivity contribution in [3.05, 3.63) is 62.1 Å². The maximum Gasteiger partial charge on any atom is 0.339 e. The van der Waals surface area contributed by atoms with Gasteiger partial charge in [0.05, 0.1) is 9.95 Å². The van der Waals surface area contributed by atoms with Crippen LogP contribution in [-0.4, -0.2) is 16.0 Å². The lowest BCUT2D eigenvalue weighted by molar-refractivity contribution is -0.384. The summed E-state index contributed by atoms with van der Waals surface area (Å²) in [7, 11) is 0. The molecule has 0 atom stereocenters. The van der Waals surface area contributed by atoms with Crippen molar-refractivity contribution >= 4 is 34.9 Å². The molecule has 1 N–H and O–H groups in total. The summed E-state index contributed by atoms with van der Waals surface area (Å²) in [6, 6.07) is 7.70. The minimum atomic E-state index is -1.35. The van der Waals surface area contributed by atoms with Crippen molar-refractivity contribution in [1.82, 2.24) is 0 Å². The molecule has 2 aromatic rings. The minimum absolute atomic E-state index is 0.0720. The van der Waals surface area contributed by atoms with Gasteiger partial charge < -0.3 is 9.84 Å². The highest BCUT2D eigenvalue weighted by Crippen LogP contribution is 2.34. The van der Waals surface area contributed by atoms with E-state index in [1.165, 1.54) is 18.2 Å². The van der Waals surface area contributed by atoms with Crippen molar-refractivity contribution in [1.29, 1.82) is 0 Å². The molecule has 0 radical (unpaired) electrons. The molecule has 108 valence electrons. The van der Waals surface area contributed by atoms with E-state index in [-0.39, 0.29) is 27.8 Å². The maximum atomic E-state index is 11.2. The number of rotatable bonds is 4. The predicted octanol–water partition coefficient (Wildman–Crippen LogP) is 4.39. The second-order valence-corrected chi connectivity index (χ2v) is 4.76. The summed E-state index contributed by atoms with van der Waals surface area (Å²) in [5.41, 5.74) is -0.697. The van der Waals surface area contributed by atoms with E-state index in [1.54, 1.807) is 6.07 Å². The van der Waals surface area contributed by atoms with Crippen LogP contribution in [0.25, 0.3) is 0 Å². The topological polar surface area (TPSA) is 89.7 Å². The largest absolute Gasteiger partial charge is 0.478 e. The van der Waals surface area contributed by atoms with Crippen LogP contribution in [0.15, 0.2) is 36.4 Å². The van der Waals surface area contributed by atoms with E-state index < -0.39 is 10.9 Å². The Morgan fingerprint density at radius 1 is 1.14 bits per heavy atom. The van der Waals surface area contributed by atoms with Crippen LogP contribution in [-0.2, 0) is 0 Å². The molecule has 0 aliphatic heterocycles. The molecule has 0 amide bonds. The lowest BCUT2D eigenvalue weighted by Crippen LogP contribution is -2.01. The highest BCUT2D eigenvalue weighted by molar-refractivity contribution is 6.34. The van der Waals surface area contributed by atoms with Gasteiger partial charge in [0, 0.05) is 23.2 Å². The Hall–Kier alpha value is -2.31. The molecular formula is C13H7Cl2NO5. The fourth-order valence-electron chi connectivity index (χ4n) is 1.56. The SMILES string of the molecule is O=C(O)c1cc([N+](=O)[O-])ccc1Oc1cc(Cl)ccc1Cl. The Balaban J connectivity index is 2.46. The molecule has 0 unspecified atom stereocenters. The first-order chi connectivity index (χ1) is 9.88. The number of nitro benzene ring substituents is 1. The van der Waals surface area contributed by atoms with E-state index in [1.807, 2.05) is 0 Å². The number of nitro groups is 1. The van der Waals surface area contributed by atoms with Crippen LogP contribution in [0, 0.1) is 10.1 Å². The Labute approximate surface area is 128 Å². The highest BCUT2D eigenvalue weighted by Gasteiger charge is 2.18. The number of non-ortho nitro benzene ring substituents is 1. The molecular weight excluding hydrogens is 321 g/mol. The summed E-state index contributed by atoms with van der Waals surface area (Å²) < 4.78 is 5.40. The maximum absolute atomic E-state index is 11.2. The fourth-order valence-corrected chi connectivity index (χ4v) is 1.88. The third-order valence-electron chi connectivity index (χ3n) is 2.52. The van der Waals surface area contributed by atoms with Gasteiger partial charge in [-0.25, -0.2) is 4.79 Å². The molecule has 0 saturated heterocycles. The van der Waals surface area contributed by atoms with Crippen LogP contribution in [0.1, 0.15) is 10.4 Å². The monoisotopic (exact) mass is 327 g/mol. The van der Waals surface area contributed by atoms with Crippen LogP contribution < -0.4 is 4.74 Å². The van der Waals surface area contributed by atoms with Crippen molar-refractivity contribution in [2.75, 3.05) is 0 Å². The van der Waals surface area contributed by atoms with Gasteiger partial charge in [-0.1, -0.05) is 23.2 Å². The summed E-state index contributed by atoms with van der Waals surface area (Å²) in [5.74, 6) is -1.27. The smallest absolute Gasteiger partial charge is 0.339 e. The molecule has 0 aromatic heterocycles. The van der Waals surface area contributed by atoms with Gasteiger partial charge in [0.25, 0.3) is 5.69 Å². The number of aromatic carboxylic acids is 1. The molecule has 2 aromatic carbocycles. The van der Waals surface area contributed by atoms with Crippen molar-refractivity contribution in [3.63, 3.8) is 0 Å². The van der Waals surface area contributed by atoms with E-state index >= 15 is 0 Å². The van der Waals surface area contributed by atoms with Crippen molar-refractivity contribution in [2.24, 2.45) is 0 Å². The summed E-state index contributed by atoms with van der Waals surface area (Å²) in [5, 5.41) is 20.4. The molecule has 0 aliphatic carbocycles. The molecule has 0 bridgehead atoms. The lowest BCUT2D eigenvalue weighted by atomic mass is 10.2. The molecule has 0 spiro atoms. The van der Waals surface area contributed by atoms with Gasteiger partial charge >= 0.3 is 5.97 Å². The molecule has 0 fully saturated rings. The van der Waals surface area contributed by atoms with Gasteiger partial charge in [0.1, 0.15) is 17.1 Å². The highest BCUT2D eigenvalue weighted by atomic mass is 35.5. The van der Waals surface area contributed by atoms with Crippen LogP contribution >= 0.6 is 23.2 Å². The van der Waals surface area contributed by atoms with Gasteiger partial charge in [0.2, 0.25) is 0 Å². The third-order valence-corrected chi connectivity index (χ3v) is 3.06. The van der Waals surface area contributed by atoms with Gasteiger partial charge in [-0.3, -0.25) is 10.1 Å². The number of carbonyl (C=O) groups is 1. The average molecular weight is 328 g/mol. The number of benzene rings is 2. The molecule has 0 saturated carbocycles. The zero-order chi connectivity index (χ0) is 15.6. The molecule has 0 aliphatic rings. The summed E-state index contributed by atoms with van der Waals surface area (Å²) in [6.45, 7) is 0. The van der Waals surface area contributed by atoms with Gasteiger partial charge in [-0.2, -0.15) is 0 Å². The number of nitrogens with zero attached hydrogens (tertiary/aromatic N) is 1. The number of carboxylic acid groups (broad SMARTS) is 1. The molecule has 2 rings (SSSR count). The van der Waals surface area contributed by atoms with Gasteiger partial charge in [-0.05, 0) is 18.2 Å². The number of halogens is 2. The first kappa shape index (κ1) is 15.1. The number of ether oxygens (including phenoxy) is 1. The Bertz CT molecular complexity index is 732. The average Bonchev–Trinajstić information content (AvgIpc) is 2.42. The number of hydrogen-bond donors (Lipinski definition) is 1. The van der Waals surface area contributed by atoms with Gasteiger partial charge in [0.15, 0.2) is 0 Å². The Morgan fingerprint density at radius 2 is 1.86 bits per heavy atom. The summed E-state index contributed by atoms with van der Waals surface area (Å²) in [6.07, 6.45) is 0. The lowest BCUT2D eigenvalue weighted by Gasteiger charge is -2.10. The quantitative estimate of drug-likeness (QED) is 0.664. The normalized spacial score (nSPS) is 10.2. The third kappa shape index (κ3) is 3.42. The molecule has 0 heterocycles. The van der Waals surface area contributed by atoms with E-state index in [9.17, 15) is 14.9 Å². The molecule has 21 heavy (non-hydrogen) atoms. The van der Waals surface area contributed by atoms with Crippen molar-refractivity contribution < 1.29 is 19.6 Å². The second kappa shape index (κ2) is 5.99. The number of hydrogen-bond acceptors (Lipinski definition) is 4. The first-order valence-electron chi connectivity index (χ1n) is 5.53. The summed E-state index contributed by atoms with van der Waals surface area (Å²) in [4.78, 5) is 21.2. The van der Waals surface area contributed by atoms with Crippen LogP contribution in [0.5, 0.6) is 11.5 Å². The van der Waals surface area contributed by atoms with E-state index in [0.717, 1.165) is 12.1 Å². The zero-order valence-corrected chi connectivity index (χ0v) is 11.8. The fraction of sp³-hybridized carbons (Fsp3) is 0. The van der Waals surface area contributed by atoms with Crippen LogP contribution in [0.3, 0.4) is 0 Å².